The van der Waals surface area contributed by atoms with Crippen LogP contribution < -0.4 is 29.9 Å². The van der Waals surface area contributed by atoms with E-state index in [1.165, 1.54) is 12.3 Å². The Balaban J connectivity index is 1.17. The summed E-state index contributed by atoms with van der Waals surface area (Å²) in [5, 5.41) is 20.6. The molecule has 0 bridgehead atoms. The van der Waals surface area contributed by atoms with Crippen molar-refractivity contribution >= 4 is 24.9 Å². The largest absolute Gasteiger partial charge is 0.497 e. The van der Waals surface area contributed by atoms with E-state index < -0.39 is 13.7 Å². The van der Waals surface area contributed by atoms with E-state index in [0.29, 0.717) is 30.1 Å². The number of aliphatic hydroxyl groups excluding tert-OH is 1. The Bertz CT molecular complexity index is 2540. The molecule has 13 heteroatoms. The number of methoxy groups -OCH3 is 3. The number of fused-ring (bicyclic) bond motifs is 2. The number of carbonyl (C=O) groups excluding carboxylic acids is 1. The van der Waals surface area contributed by atoms with Gasteiger partial charge in [-0.05, 0) is 77.7 Å². The van der Waals surface area contributed by atoms with Crippen LogP contribution in [0.5, 0.6) is 17.2 Å². The molecule has 1 unspecified atom stereocenters. The predicted molar refractivity (Wildman–Crippen MR) is 232 cm³/mol. The number of anilines is 1. The van der Waals surface area contributed by atoms with Crippen molar-refractivity contribution < 1.29 is 28.8 Å². The minimum Gasteiger partial charge on any atom is -0.497 e. The van der Waals surface area contributed by atoms with Gasteiger partial charge in [0.05, 0.1) is 66.0 Å². The lowest BCUT2D eigenvalue weighted by atomic mass is 9.82. The fourth-order valence-corrected chi connectivity index (χ4v) is 13.6. The Morgan fingerprint density at radius 1 is 0.867 bits per heavy atom. The van der Waals surface area contributed by atoms with Crippen LogP contribution in [0.4, 0.5) is 5.69 Å². The molecular formula is C47H51N5O7Si. The van der Waals surface area contributed by atoms with Gasteiger partial charge in [-0.2, -0.15) is 0 Å². The molecule has 2 aromatic heterocycles. The molecule has 0 aliphatic carbocycles. The summed E-state index contributed by atoms with van der Waals surface area (Å²) >= 11 is 0. The SMILES string of the molecule is COc1ccc([Si](C)(C)[C@H]2[C@H](CCn3cc(C(CO)c4ccccc4)nn3)O[C@@]3(C(=O)N(Cc4cccc(-n5cccc(OC)c5=O)c4)c4ccc(OC)cc43)[C@@H]2C)cc1. The average Bonchev–Trinajstić information content (AvgIpc) is 3.93. The maximum atomic E-state index is 15.5. The number of aliphatic hydroxyl groups is 1. The Kier molecular flexibility index (Phi) is 11.2. The Morgan fingerprint density at radius 3 is 2.33 bits per heavy atom. The van der Waals surface area contributed by atoms with Crippen molar-refractivity contribution in [1.82, 2.24) is 19.6 Å². The maximum Gasteiger partial charge on any atom is 0.297 e. The number of carbonyl (C=O) groups is 1. The zero-order valence-electron chi connectivity index (χ0n) is 34.8. The molecule has 1 saturated heterocycles. The van der Waals surface area contributed by atoms with E-state index in [2.05, 4.69) is 42.5 Å². The van der Waals surface area contributed by atoms with Crippen molar-refractivity contribution in [2.45, 2.75) is 62.7 Å². The van der Waals surface area contributed by atoms with Crippen molar-refractivity contribution in [1.29, 1.82) is 0 Å². The van der Waals surface area contributed by atoms with Gasteiger partial charge in [0.15, 0.2) is 11.4 Å². The highest BCUT2D eigenvalue weighted by molar-refractivity contribution is 6.91. The van der Waals surface area contributed by atoms with Crippen LogP contribution in [0, 0.1) is 5.92 Å². The van der Waals surface area contributed by atoms with Gasteiger partial charge in [-0.15, -0.1) is 5.10 Å². The second-order valence-corrected chi connectivity index (χ2v) is 20.9. The van der Waals surface area contributed by atoms with E-state index in [-0.39, 0.29) is 53.8 Å². The summed E-state index contributed by atoms with van der Waals surface area (Å²) in [4.78, 5) is 30.5. The van der Waals surface area contributed by atoms with Gasteiger partial charge in [0, 0.05) is 36.1 Å². The topological polar surface area (TPSA) is 130 Å². The highest BCUT2D eigenvalue weighted by Gasteiger charge is 2.66. The third-order valence-corrected chi connectivity index (χ3v) is 17.0. The van der Waals surface area contributed by atoms with Gasteiger partial charge in [0.1, 0.15) is 11.5 Å². The zero-order valence-corrected chi connectivity index (χ0v) is 35.8. The molecule has 6 aromatic rings. The van der Waals surface area contributed by atoms with Gasteiger partial charge < -0.3 is 29.0 Å². The van der Waals surface area contributed by atoms with E-state index in [1.54, 1.807) is 37.1 Å². The van der Waals surface area contributed by atoms with E-state index >= 15 is 4.79 Å². The average molecular weight is 826 g/mol. The maximum absolute atomic E-state index is 15.5. The second-order valence-electron chi connectivity index (χ2n) is 16.2. The molecule has 1 amide bonds. The minimum absolute atomic E-state index is 0.00499. The van der Waals surface area contributed by atoms with Gasteiger partial charge in [0.2, 0.25) is 0 Å². The summed E-state index contributed by atoms with van der Waals surface area (Å²) in [6.07, 6.45) is 3.86. The molecule has 4 aromatic carbocycles. The number of pyridine rings is 1. The summed E-state index contributed by atoms with van der Waals surface area (Å²) in [7, 11) is 2.34. The Labute approximate surface area is 350 Å². The number of hydrogen-bond acceptors (Lipinski definition) is 9. The first-order valence-corrected chi connectivity index (χ1v) is 23.3. The van der Waals surface area contributed by atoms with Gasteiger partial charge in [0.25, 0.3) is 11.5 Å². The normalized spacial score (nSPS) is 20.4. The summed E-state index contributed by atoms with van der Waals surface area (Å²) in [5.74, 6) is 0.993. The molecule has 0 saturated carbocycles. The molecule has 8 rings (SSSR count). The number of hydrogen-bond donors (Lipinski definition) is 1. The van der Waals surface area contributed by atoms with Crippen molar-refractivity contribution in [2.24, 2.45) is 5.92 Å². The minimum atomic E-state index is -2.43. The van der Waals surface area contributed by atoms with Crippen molar-refractivity contribution in [3.63, 3.8) is 0 Å². The number of ether oxygens (including phenoxy) is 4. The van der Waals surface area contributed by atoms with Gasteiger partial charge >= 0.3 is 0 Å². The number of amides is 1. The van der Waals surface area contributed by atoms with Gasteiger partial charge in [-0.1, -0.05) is 85.0 Å². The van der Waals surface area contributed by atoms with E-state index in [0.717, 1.165) is 28.1 Å². The fraction of sp³-hybridized carbons (Fsp3) is 0.319. The van der Waals surface area contributed by atoms with Crippen LogP contribution in [0.3, 0.4) is 0 Å². The fourth-order valence-electron chi connectivity index (χ4n) is 9.56. The van der Waals surface area contributed by atoms with Crippen LogP contribution in [-0.2, 0) is 28.2 Å². The third kappa shape index (κ3) is 7.09. The third-order valence-electron chi connectivity index (χ3n) is 12.6. The predicted octanol–water partition coefficient (Wildman–Crippen LogP) is 6.43. The van der Waals surface area contributed by atoms with Crippen molar-refractivity contribution in [3.05, 3.63) is 154 Å². The molecule has 1 fully saturated rings. The molecular weight excluding hydrogens is 775 g/mol. The van der Waals surface area contributed by atoms with E-state index in [4.69, 9.17) is 18.9 Å². The van der Waals surface area contributed by atoms with Crippen LogP contribution in [0.1, 0.15) is 41.6 Å². The van der Waals surface area contributed by atoms with Gasteiger partial charge in [-0.25, -0.2) is 0 Å². The summed E-state index contributed by atoms with van der Waals surface area (Å²) in [5.41, 5.74) is 3.12. The van der Waals surface area contributed by atoms with E-state index in [1.807, 2.05) is 101 Å². The van der Waals surface area contributed by atoms with Gasteiger partial charge in [-0.3, -0.25) is 18.8 Å². The van der Waals surface area contributed by atoms with Crippen LogP contribution in [-0.4, -0.2) is 72.7 Å². The lowest BCUT2D eigenvalue weighted by Crippen LogP contribution is -2.51. The second kappa shape index (κ2) is 16.6. The number of rotatable bonds is 14. The lowest BCUT2D eigenvalue weighted by molar-refractivity contribution is -0.146. The quantitative estimate of drug-likeness (QED) is 0.124. The monoisotopic (exact) mass is 825 g/mol. The summed E-state index contributed by atoms with van der Waals surface area (Å²) in [6, 6.07) is 35.0. The number of benzene rings is 4. The molecule has 1 spiro atoms. The first kappa shape index (κ1) is 40.7. The molecule has 4 heterocycles. The Hall–Kier alpha value is -6.02. The number of nitrogens with zero attached hydrogens (tertiary/aromatic N) is 5. The number of aryl methyl sites for hydroxylation is 1. The smallest absolute Gasteiger partial charge is 0.297 e. The van der Waals surface area contributed by atoms with Crippen LogP contribution in [0.25, 0.3) is 5.69 Å². The van der Waals surface area contributed by atoms with Crippen LogP contribution >= 0.6 is 0 Å². The summed E-state index contributed by atoms with van der Waals surface area (Å²) in [6.45, 7) is 7.55. The molecule has 0 radical (unpaired) electrons. The van der Waals surface area contributed by atoms with Crippen LogP contribution in [0.2, 0.25) is 18.6 Å². The van der Waals surface area contributed by atoms with Crippen molar-refractivity contribution in [2.75, 3.05) is 32.8 Å². The van der Waals surface area contributed by atoms with Crippen LogP contribution in [0.15, 0.2) is 126 Å². The standard InChI is InChI=1S/C47H51N5O7Si/c1-31-44(60(5,6)37-20-17-35(56-2)18-21-37)42(23-25-50-29-40(48-49-50)38(30-53)33-13-8-7-9-14-33)59-47(31)39-27-36(57-3)19-22-41(39)52(46(47)55)28-32-12-10-15-34(26-32)51-24-11-16-43(58-4)45(51)54/h7-22,24,26-27,29,31,38,42,44,53H,23,25,28,30H2,1-6H3/t31-,38?,42+,44-,47+/m1/s1. The zero-order chi connectivity index (χ0) is 42.2. The molecule has 2 aliphatic rings. The molecule has 5 atom stereocenters. The first-order valence-electron chi connectivity index (χ1n) is 20.3. The highest BCUT2D eigenvalue weighted by Crippen LogP contribution is 2.60. The Morgan fingerprint density at radius 2 is 1.62 bits per heavy atom. The lowest BCUT2D eigenvalue weighted by Gasteiger charge is -2.37. The highest BCUT2D eigenvalue weighted by atomic mass is 28.3. The summed E-state index contributed by atoms with van der Waals surface area (Å²) < 4.78 is 27.4. The van der Waals surface area contributed by atoms with Crippen molar-refractivity contribution in [3.8, 4) is 22.9 Å². The molecule has 12 nitrogen and oxygen atoms in total. The molecule has 310 valence electrons. The van der Waals surface area contributed by atoms with E-state index in [9.17, 15) is 9.90 Å². The molecule has 1 N–H and O–H groups in total. The molecule has 2 aliphatic heterocycles. The molecule has 60 heavy (non-hydrogen) atoms. The number of aromatic nitrogens is 4. The first-order chi connectivity index (χ1) is 29.0.